The van der Waals surface area contributed by atoms with Crippen molar-refractivity contribution in [2.24, 2.45) is 0 Å². The van der Waals surface area contributed by atoms with E-state index in [1.165, 1.54) is 27.6 Å². The average molecular weight is 494 g/mol. The van der Waals surface area contributed by atoms with Crippen molar-refractivity contribution in [2.45, 2.75) is 38.7 Å². The second-order valence-corrected chi connectivity index (χ2v) is 18.0. The molecule has 4 rings (SSSR count). The van der Waals surface area contributed by atoms with Gasteiger partial charge in [0.25, 0.3) is 0 Å². The normalized spacial score (nSPS) is 12.4. The van der Waals surface area contributed by atoms with Crippen molar-refractivity contribution in [3.63, 3.8) is 0 Å². The molecular weight excluding hydrogens is 464 g/mol. The van der Waals surface area contributed by atoms with Crippen LogP contribution in [0.15, 0.2) is 72.8 Å². The molecule has 0 aliphatic rings. The van der Waals surface area contributed by atoms with E-state index < -0.39 is 16.4 Å². The Bertz CT molecular complexity index is 947. The van der Waals surface area contributed by atoms with Gasteiger partial charge >= 0.3 is 26.2 Å². The Kier molecular flexibility index (Phi) is 7.00. The van der Waals surface area contributed by atoms with Gasteiger partial charge in [-0.1, -0.05) is 18.7 Å². The molecule has 0 saturated heterocycles. The van der Waals surface area contributed by atoms with Crippen LogP contribution in [0.25, 0.3) is 21.5 Å². The maximum absolute atomic E-state index is 6.18. The molecule has 4 heteroatoms. The minimum Gasteiger partial charge on any atom is -0.418 e. The van der Waals surface area contributed by atoms with E-state index in [1.54, 1.807) is 10.4 Å². The van der Waals surface area contributed by atoms with Crippen LogP contribution in [0.5, 0.6) is 0 Å². The fraction of sp³-hybridized carbons (Fsp3) is 0.280. The predicted octanol–water partition coefficient (Wildman–Crippen LogP) is 5.86. The summed E-state index contributed by atoms with van der Waals surface area (Å²) >= 11 is 0. The molecule has 0 N–H and O–H groups in total. The predicted molar refractivity (Wildman–Crippen MR) is 129 cm³/mol. The van der Waals surface area contributed by atoms with Crippen LogP contribution in [0.1, 0.15) is 6.42 Å². The van der Waals surface area contributed by atoms with Crippen LogP contribution in [0.3, 0.4) is 0 Å². The zero-order valence-electron chi connectivity index (χ0n) is 18.0. The van der Waals surface area contributed by atoms with Gasteiger partial charge < -0.3 is 4.43 Å². The van der Waals surface area contributed by atoms with Gasteiger partial charge in [0.2, 0.25) is 0 Å². The van der Waals surface area contributed by atoms with Gasteiger partial charge in [-0.25, -0.2) is 0 Å². The van der Waals surface area contributed by atoms with Gasteiger partial charge in [-0.3, -0.25) is 0 Å². The molecule has 4 aromatic carbocycles. The molecule has 0 heterocycles. The van der Waals surface area contributed by atoms with Gasteiger partial charge in [-0.05, 0) is 32.1 Å². The first-order valence-electron chi connectivity index (χ1n) is 10.3. The molecule has 29 heavy (non-hydrogen) atoms. The van der Waals surface area contributed by atoms with Crippen LogP contribution < -0.4 is 10.4 Å². The van der Waals surface area contributed by atoms with E-state index in [-0.39, 0.29) is 26.2 Å². The molecule has 1 nitrogen and oxygen atoms in total. The molecule has 0 aliphatic carbocycles. The van der Waals surface area contributed by atoms with Crippen molar-refractivity contribution in [3.8, 4) is 0 Å². The number of rotatable bonds is 7. The number of hydrogen-bond donors (Lipinski definition) is 0. The summed E-state index contributed by atoms with van der Waals surface area (Å²) in [5.74, 6) is 0. The Balaban J connectivity index is 0.00000240. The Morgan fingerprint density at radius 3 is 1.69 bits per heavy atom. The summed E-state index contributed by atoms with van der Waals surface area (Å²) in [4.78, 5) is 0. The van der Waals surface area contributed by atoms with Crippen LogP contribution in [0.2, 0.25) is 32.2 Å². The van der Waals surface area contributed by atoms with E-state index in [2.05, 4.69) is 99.0 Å². The maximum Gasteiger partial charge on any atom is 2.00 e. The number of hydrogen-bond acceptors (Lipinski definition) is 1. The molecule has 0 atom stereocenters. The summed E-state index contributed by atoms with van der Waals surface area (Å²) in [6, 6.07) is 28.5. The largest absolute Gasteiger partial charge is 2.00 e. The average Bonchev–Trinajstić information content (AvgIpc) is 3.28. The quantitative estimate of drug-likeness (QED) is 0.178. The minimum absolute atomic E-state index is 0. The summed E-state index contributed by atoms with van der Waals surface area (Å²) in [6.45, 7) is 10.3. The molecule has 0 saturated carbocycles. The van der Waals surface area contributed by atoms with E-state index in [4.69, 9.17) is 4.43 Å². The van der Waals surface area contributed by atoms with Crippen LogP contribution in [-0.4, -0.2) is 23.0 Å². The summed E-state index contributed by atoms with van der Waals surface area (Å²) in [5.41, 5.74) is 0. The van der Waals surface area contributed by atoms with E-state index >= 15 is 0 Å². The van der Waals surface area contributed by atoms with Gasteiger partial charge in [0, 0.05) is 6.61 Å². The van der Waals surface area contributed by atoms with Crippen molar-refractivity contribution in [3.05, 3.63) is 72.8 Å². The molecule has 0 aliphatic heterocycles. The van der Waals surface area contributed by atoms with Crippen molar-refractivity contribution >= 4 is 48.3 Å². The zero-order valence-corrected chi connectivity index (χ0v) is 22.4. The van der Waals surface area contributed by atoms with Crippen LogP contribution in [-0.2, 0) is 30.6 Å². The topological polar surface area (TPSA) is 9.23 Å². The van der Waals surface area contributed by atoms with E-state index in [0.29, 0.717) is 0 Å². The molecular formula is C25H30OSi2Zr. The third kappa shape index (κ3) is 4.99. The van der Waals surface area contributed by atoms with E-state index in [9.17, 15) is 0 Å². The molecule has 0 fully saturated rings. The van der Waals surface area contributed by atoms with E-state index in [0.717, 1.165) is 13.0 Å². The standard InChI is InChI=1S/C25H30OSi2.Zr/c1-27(2,3)26-14-9-15-28(4,24-16-20-10-5-6-11-21(20)17-24)25-18-22-12-7-8-13-23(22)19-25;/h5-8,10-13,16-19H,9,14-15H2,1-4H3;/q-2;+2. The maximum atomic E-state index is 6.18. The smallest absolute Gasteiger partial charge is 0.418 e. The fourth-order valence-corrected chi connectivity index (χ4v) is 8.61. The second kappa shape index (κ2) is 8.97. The Hall–Kier alpha value is -1.06. The van der Waals surface area contributed by atoms with Crippen molar-refractivity contribution in [2.75, 3.05) is 6.61 Å². The SMILES string of the molecule is C[Si](C)(C)OCCC[Si](C)(c1cc2ccccc2[cH-]1)c1cc2ccccc2[cH-]1.[Zr+2]. The Morgan fingerprint density at radius 2 is 1.24 bits per heavy atom. The Labute approximate surface area is 196 Å². The molecule has 0 amide bonds. The van der Waals surface area contributed by atoms with Crippen LogP contribution in [0, 0.1) is 0 Å². The van der Waals surface area contributed by atoms with Gasteiger partial charge in [0.05, 0.1) is 8.07 Å². The molecule has 0 bridgehead atoms. The number of benzene rings is 2. The van der Waals surface area contributed by atoms with Gasteiger partial charge in [0.15, 0.2) is 8.32 Å². The summed E-state index contributed by atoms with van der Waals surface area (Å²) in [5, 5.41) is 8.57. The molecule has 0 unspecified atom stereocenters. The van der Waals surface area contributed by atoms with E-state index in [1.807, 2.05) is 0 Å². The van der Waals surface area contributed by atoms with Crippen molar-refractivity contribution in [1.29, 1.82) is 0 Å². The zero-order chi connectivity index (χ0) is 19.8. The van der Waals surface area contributed by atoms with Gasteiger partial charge in [-0.15, -0.1) is 69.7 Å². The second-order valence-electron chi connectivity index (χ2n) is 9.14. The van der Waals surface area contributed by atoms with Gasteiger partial charge in [-0.2, -0.15) is 22.9 Å². The summed E-state index contributed by atoms with van der Waals surface area (Å²) in [6.07, 6.45) is 1.13. The summed E-state index contributed by atoms with van der Waals surface area (Å²) in [7, 11) is -3.28. The number of fused-ring (bicyclic) bond motifs is 2. The first-order chi connectivity index (χ1) is 13.4. The molecule has 0 aromatic heterocycles. The van der Waals surface area contributed by atoms with Gasteiger partial charge in [0.1, 0.15) is 0 Å². The molecule has 4 aromatic rings. The first kappa shape index (κ1) is 22.6. The van der Waals surface area contributed by atoms with Crippen molar-refractivity contribution in [1.82, 2.24) is 0 Å². The first-order valence-corrected chi connectivity index (χ1v) is 16.4. The minimum atomic E-state index is -1.83. The fourth-order valence-electron chi connectivity index (χ4n) is 4.20. The summed E-state index contributed by atoms with van der Waals surface area (Å²) < 4.78 is 6.18. The van der Waals surface area contributed by atoms with Crippen molar-refractivity contribution < 1.29 is 30.6 Å². The third-order valence-corrected chi connectivity index (χ3v) is 11.4. The monoisotopic (exact) mass is 492 g/mol. The molecule has 148 valence electrons. The molecule has 0 spiro atoms. The van der Waals surface area contributed by atoms with Crippen LogP contribution >= 0.6 is 0 Å². The van der Waals surface area contributed by atoms with Crippen LogP contribution in [0.4, 0.5) is 0 Å². The third-order valence-electron chi connectivity index (χ3n) is 5.87. The Morgan fingerprint density at radius 1 is 0.759 bits per heavy atom. The molecule has 0 radical (unpaired) electrons.